The van der Waals surface area contributed by atoms with E-state index in [9.17, 15) is 0 Å². The second-order valence-corrected chi connectivity index (χ2v) is 6.18. The molecule has 0 amide bonds. The fraction of sp³-hybridized carbons (Fsp3) is 0.647. The number of likely N-dealkylation sites (N-methyl/N-ethyl adjacent to an activating group) is 1. The van der Waals surface area contributed by atoms with Crippen LogP contribution in [0.25, 0.3) is 0 Å². The third kappa shape index (κ3) is 2.70. The highest BCUT2D eigenvalue weighted by Crippen LogP contribution is 2.40. The quantitative estimate of drug-likeness (QED) is 0.861. The van der Waals surface area contributed by atoms with Crippen LogP contribution >= 0.6 is 0 Å². The Balaban J connectivity index is 1.89. The minimum absolute atomic E-state index is 0.243. The monoisotopic (exact) mass is 275 g/mol. The van der Waals surface area contributed by atoms with Crippen LogP contribution in [-0.2, 0) is 6.42 Å². The summed E-state index contributed by atoms with van der Waals surface area (Å²) in [6.07, 6.45) is 7.76. The normalized spacial score (nSPS) is 27.1. The number of aliphatic hydroxyl groups is 1. The molecule has 3 nitrogen and oxygen atoms in total. The van der Waals surface area contributed by atoms with Crippen LogP contribution in [-0.4, -0.2) is 36.4 Å². The Hall–Kier alpha value is -1.06. The van der Waals surface area contributed by atoms with E-state index in [0.29, 0.717) is 12.0 Å². The SMILES string of the molecule is CN1CCCCC1C1CCCc2ccc(OCO)cc21. The van der Waals surface area contributed by atoms with E-state index in [0.717, 1.165) is 5.75 Å². The largest absolute Gasteiger partial charge is 0.468 e. The Labute approximate surface area is 121 Å². The van der Waals surface area contributed by atoms with Gasteiger partial charge in [-0.25, -0.2) is 0 Å². The fourth-order valence-electron chi connectivity index (χ4n) is 3.99. The van der Waals surface area contributed by atoms with Gasteiger partial charge in [-0.2, -0.15) is 0 Å². The summed E-state index contributed by atoms with van der Waals surface area (Å²) in [6.45, 7) is 0.982. The molecule has 0 saturated carbocycles. The van der Waals surface area contributed by atoms with Gasteiger partial charge in [-0.1, -0.05) is 12.5 Å². The van der Waals surface area contributed by atoms with Crippen molar-refractivity contribution in [3.8, 4) is 5.75 Å². The smallest absolute Gasteiger partial charge is 0.186 e. The lowest BCUT2D eigenvalue weighted by atomic mass is 9.76. The van der Waals surface area contributed by atoms with E-state index in [1.165, 1.54) is 56.2 Å². The van der Waals surface area contributed by atoms with Crippen LogP contribution < -0.4 is 4.74 Å². The number of benzene rings is 1. The number of nitrogens with zero attached hydrogens (tertiary/aromatic N) is 1. The Morgan fingerprint density at radius 3 is 2.95 bits per heavy atom. The third-order valence-electron chi connectivity index (χ3n) is 5.00. The van der Waals surface area contributed by atoms with Crippen LogP contribution in [0.4, 0.5) is 0 Å². The highest BCUT2D eigenvalue weighted by atomic mass is 16.6. The highest BCUT2D eigenvalue weighted by molar-refractivity contribution is 5.40. The van der Waals surface area contributed by atoms with Crippen molar-refractivity contribution in [2.45, 2.75) is 50.5 Å². The number of piperidine rings is 1. The molecule has 20 heavy (non-hydrogen) atoms. The number of rotatable bonds is 3. The van der Waals surface area contributed by atoms with Crippen molar-refractivity contribution in [1.29, 1.82) is 0 Å². The summed E-state index contributed by atoms with van der Waals surface area (Å²) in [7, 11) is 2.27. The van der Waals surface area contributed by atoms with Gasteiger partial charge in [0.15, 0.2) is 6.79 Å². The number of fused-ring (bicyclic) bond motifs is 1. The molecule has 0 bridgehead atoms. The van der Waals surface area contributed by atoms with E-state index >= 15 is 0 Å². The fourth-order valence-corrected chi connectivity index (χ4v) is 3.99. The zero-order chi connectivity index (χ0) is 13.9. The molecule has 1 aromatic carbocycles. The molecular weight excluding hydrogens is 250 g/mol. The summed E-state index contributed by atoms with van der Waals surface area (Å²) in [5.41, 5.74) is 2.94. The summed E-state index contributed by atoms with van der Waals surface area (Å²) >= 11 is 0. The molecule has 3 heteroatoms. The Kier molecular flexibility index (Phi) is 4.27. The number of hydrogen-bond acceptors (Lipinski definition) is 3. The molecule has 1 heterocycles. The maximum atomic E-state index is 8.95. The van der Waals surface area contributed by atoms with Gasteiger partial charge in [-0.3, -0.25) is 0 Å². The van der Waals surface area contributed by atoms with E-state index in [2.05, 4.69) is 24.1 Å². The minimum Gasteiger partial charge on any atom is -0.468 e. The van der Waals surface area contributed by atoms with Crippen molar-refractivity contribution in [3.63, 3.8) is 0 Å². The molecule has 1 N–H and O–H groups in total. The molecule has 1 aromatic rings. The second kappa shape index (κ2) is 6.15. The molecule has 110 valence electrons. The summed E-state index contributed by atoms with van der Waals surface area (Å²) in [4.78, 5) is 2.54. The lowest BCUT2D eigenvalue weighted by Crippen LogP contribution is -2.41. The van der Waals surface area contributed by atoms with Gasteiger partial charge in [-0.05, 0) is 74.9 Å². The molecule has 1 aliphatic carbocycles. The Morgan fingerprint density at radius 2 is 2.15 bits per heavy atom. The molecule has 0 aromatic heterocycles. The van der Waals surface area contributed by atoms with Crippen LogP contribution in [0.1, 0.15) is 49.1 Å². The summed E-state index contributed by atoms with van der Waals surface area (Å²) in [5, 5.41) is 8.95. The first-order valence-corrected chi connectivity index (χ1v) is 7.86. The van der Waals surface area contributed by atoms with Crippen molar-refractivity contribution in [1.82, 2.24) is 4.90 Å². The highest BCUT2D eigenvalue weighted by Gasteiger charge is 2.32. The number of aliphatic hydroxyl groups excluding tert-OH is 1. The zero-order valence-electron chi connectivity index (χ0n) is 12.3. The predicted octanol–water partition coefficient (Wildman–Crippen LogP) is 2.92. The predicted molar refractivity (Wildman–Crippen MR) is 80.1 cm³/mol. The van der Waals surface area contributed by atoms with E-state index < -0.39 is 0 Å². The second-order valence-electron chi connectivity index (χ2n) is 6.18. The third-order valence-corrected chi connectivity index (χ3v) is 5.00. The topological polar surface area (TPSA) is 32.7 Å². The van der Waals surface area contributed by atoms with Crippen LogP contribution in [0.15, 0.2) is 18.2 Å². The molecule has 1 fully saturated rings. The van der Waals surface area contributed by atoms with Crippen LogP contribution in [0.2, 0.25) is 0 Å². The van der Waals surface area contributed by atoms with Crippen LogP contribution in [0.5, 0.6) is 5.75 Å². The first-order valence-electron chi connectivity index (χ1n) is 7.86. The molecule has 0 radical (unpaired) electrons. The zero-order valence-corrected chi connectivity index (χ0v) is 12.3. The van der Waals surface area contributed by atoms with Crippen molar-refractivity contribution in [3.05, 3.63) is 29.3 Å². The number of aryl methyl sites for hydroxylation is 1. The Morgan fingerprint density at radius 1 is 1.25 bits per heavy atom. The molecular formula is C17H25NO2. The summed E-state index contributed by atoms with van der Waals surface area (Å²) < 4.78 is 5.28. The van der Waals surface area contributed by atoms with Gasteiger partial charge < -0.3 is 14.7 Å². The molecule has 1 aliphatic heterocycles. The lowest BCUT2D eigenvalue weighted by molar-refractivity contribution is 0.0981. The van der Waals surface area contributed by atoms with Gasteiger partial charge in [-0.15, -0.1) is 0 Å². The van der Waals surface area contributed by atoms with E-state index in [4.69, 9.17) is 9.84 Å². The summed E-state index contributed by atoms with van der Waals surface area (Å²) in [6, 6.07) is 7.02. The van der Waals surface area contributed by atoms with Gasteiger partial charge >= 0.3 is 0 Å². The first-order chi connectivity index (χ1) is 9.79. The van der Waals surface area contributed by atoms with Crippen molar-refractivity contribution < 1.29 is 9.84 Å². The first kappa shape index (κ1) is 13.9. The maximum absolute atomic E-state index is 8.95. The van der Waals surface area contributed by atoms with Crippen molar-refractivity contribution in [2.75, 3.05) is 20.4 Å². The molecule has 1 saturated heterocycles. The molecule has 2 aliphatic rings. The van der Waals surface area contributed by atoms with Gasteiger partial charge in [0, 0.05) is 6.04 Å². The number of ether oxygens (including phenoxy) is 1. The van der Waals surface area contributed by atoms with Crippen molar-refractivity contribution in [2.24, 2.45) is 0 Å². The van der Waals surface area contributed by atoms with Gasteiger partial charge in [0.2, 0.25) is 0 Å². The standard InChI is InChI=1S/C17H25NO2/c1-18-10-3-2-7-17(18)15-6-4-5-13-8-9-14(20-12-19)11-16(13)15/h8-9,11,15,17,19H,2-7,10,12H2,1H3. The van der Waals surface area contributed by atoms with Gasteiger partial charge in [0.1, 0.15) is 5.75 Å². The van der Waals surface area contributed by atoms with E-state index in [1.54, 1.807) is 0 Å². The molecule has 2 atom stereocenters. The van der Waals surface area contributed by atoms with Crippen LogP contribution in [0, 0.1) is 0 Å². The van der Waals surface area contributed by atoms with E-state index in [-0.39, 0.29) is 6.79 Å². The van der Waals surface area contributed by atoms with Crippen molar-refractivity contribution >= 4 is 0 Å². The minimum atomic E-state index is -0.243. The number of likely N-dealkylation sites (tertiary alicyclic amines) is 1. The van der Waals surface area contributed by atoms with Gasteiger partial charge in [0.05, 0.1) is 0 Å². The van der Waals surface area contributed by atoms with Gasteiger partial charge in [0.25, 0.3) is 0 Å². The Bertz CT molecular complexity index is 460. The average molecular weight is 275 g/mol. The maximum Gasteiger partial charge on any atom is 0.186 e. The molecule has 2 unspecified atom stereocenters. The molecule has 0 spiro atoms. The summed E-state index contributed by atoms with van der Waals surface area (Å²) in [5.74, 6) is 1.43. The molecule has 3 rings (SSSR count). The number of hydrogen-bond donors (Lipinski definition) is 1. The van der Waals surface area contributed by atoms with Crippen LogP contribution in [0.3, 0.4) is 0 Å². The average Bonchev–Trinajstić information content (AvgIpc) is 2.48. The lowest BCUT2D eigenvalue weighted by Gasteiger charge is -2.40. The van der Waals surface area contributed by atoms with E-state index in [1.807, 2.05) is 6.07 Å².